The molecule has 6 heteroatoms. The maximum absolute atomic E-state index is 5.86. The van der Waals surface area contributed by atoms with Crippen LogP contribution in [0.15, 0.2) is 73.1 Å². The lowest BCUT2D eigenvalue weighted by molar-refractivity contribution is 0.307. The third-order valence-electron chi connectivity index (χ3n) is 6.65. The molecule has 1 aliphatic heterocycles. The minimum atomic E-state index is -0.0510. The lowest BCUT2D eigenvalue weighted by atomic mass is 9.96. The highest BCUT2D eigenvalue weighted by Crippen LogP contribution is 2.42. The van der Waals surface area contributed by atoms with Crippen molar-refractivity contribution in [2.45, 2.75) is 46.3 Å². The largest absolute Gasteiger partial charge is 0.352 e. The molecule has 3 aromatic heterocycles. The monoisotopic (exact) mass is 467 g/mol. The number of hydrogen-bond acceptors (Lipinski definition) is 3. The Morgan fingerprint density at radius 3 is 2.38 bits per heavy atom. The van der Waals surface area contributed by atoms with Gasteiger partial charge in [0.05, 0.1) is 30.0 Å². The van der Waals surface area contributed by atoms with E-state index in [0.717, 1.165) is 16.5 Å². The molecule has 1 aromatic carbocycles. The molecule has 0 spiro atoms. The second-order valence-corrected chi connectivity index (χ2v) is 9.41. The predicted octanol–water partition coefficient (Wildman–Crippen LogP) is 5.67. The van der Waals surface area contributed by atoms with Crippen LogP contribution in [0, 0.1) is 27.7 Å². The first kappa shape index (κ1) is 22.3. The number of aryl methyl sites for hydroxylation is 3. The van der Waals surface area contributed by atoms with Crippen LogP contribution in [-0.4, -0.2) is 24.5 Å². The van der Waals surface area contributed by atoms with Crippen molar-refractivity contribution in [3.05, 3.63) is 113 Å². The Balaban J connectivity index is 1.64. The molecule has 0 aliphatic carbocycles. The van der Waals surface area contributed by atoms with Crippen molar-refractivity contribution in [2.24, 2.45) is 0 Å². The van der Waals surface area contributed by atoms with E-state index in [-0.39, 0.29) is 12.1 Å². The molecule has 2 atom stereocenters. The molecule has 0 unspecified atom stereocenters. The van der Waals surface area contributed by atoms with Crippen molar-refractivity contribution >= 4 is 17.3 Å². The van der Waals surface area contributed by atoms with E-state index >= 15 is 0 Å². The van der Waals surface area contributed by atoms with Gasteiger partial charge < -0.3 is 14.8 Å². The highest BCUT2D eigenvalue weighted by molar-refractivity contribution is 7.80. The van der Waals surface area contributed by atoms with Gasteiger partial charge in [-0.2, -0.15) is 0 Å². The Bertz CT molecular complexity index is 1330. The molecule has 1 N–H and O–H groups in total. The molecule has 5 nitrogen and oxygen atoms in total. The summed E-state index contributed by atoms with van der Waals surface area (Å²) in [5.41, 5.74) is 9.37. The van der Waals surface area contributed by atoms with Crippen LogP contribution in [0.4, 0.5) is 0 Å². The second-order valence-electron chi connectivity index (χ2n) is 9.03. The van der Waals surface area contributed by atoms with E-state index in [0.29, 0.717) is 6.54 Å². The maximum atomic E-state index is 5.86. The number of benzene rings is 1. The fourth-order valence-corrected chi connectivity index (χ4v) is 5.30. The number of hydrogen-bond donors (Lipinski definition) is 1. The zero-order valence-corrected chi connectivity index (χ0v) is 20.8. The van der Waals surface area contributed by atoms with Gasteiger partial charge in [-0.05, 0) is 93.0 Å². The van der Waals surface area contributed by atoms with Crippen molar-refractivity contribution in [1.29, 1.82) is 0 Å². The normalized spacial score (nSPS) is 17.8. The standard InChI is InChI=1S/C28H29N5S/c1-18-11-12-19(2)25(15-18)33-20(3)16-23(21(33)4)27-26(24-10-6-8-14-30-24)31-28(34)32(27)17-22-9-5-7-13-29-22/h5-16,26-27H,17H2,1-4H3,(H,31,34)/t26-,27+/m1/s1. The molecule has 0 radical (unpaired) electrons. The molecule has 1 aliphatic rings. The van der Waals surface area contributed by atoms with Crippen LogP contribution in [0.2, 0.25) is 0 Å². The van der Waals surface area contributed by atoms with Crippen molar-refractivity contribution in [3.8, 4) is 5.69 Å². The van der Waals surface area contributed by atoms with Gasteiger partial charge in [-0.3, -0.25) is 9.97 Å². The molecule has 4 heterocycles. The Kier molecular flexibility index (Phi) is 5.92. The number of pyridine rings is 2. The summed E-state index contributed by atoms with van der Waals surface area (Å²) < 4.78 is 2.37. The van der Waals surface area contributed by atoms with Gasteiger partial charge in [-0.1, -0.05) is 24.3 Å². The van der Waals surface area contributed by atoms with E-state index in [1.807, 2.05) is 42.7 Å². The van der Waals surface area contributed by atoms with Gasteiger partial charge in [0.1, 0.15) is 0 Å². The summed E-state index contributed by atoms with van der Waals surface area (Å²) in [4.78, 5) is 11.5. The predicted molar refractivity (Wildman–Crippen MR) is 140 cm³/mol. The third-order valence-corrected chi connectivity index (χ3v) is 7.00. The maximum Gasteiger partial charge on any atom is 0.170 e. The van der Waals surface area contributed by atoms with E-state index < -0.39 is 0 Å². The summed E-state index contributed by atoms with van der Waals surface area (Å²) in [6.07, 6.45) is 3.68. The average Bonchev–Trinajstić information content (AvgIpc) is 3.31. The Hall–Kier alpha value is -3.51. The van der Waals surface area contributed by atoms with Gasteiger partial charge in [-0.15, -0.1) is 0 Å². The van der Waals surface area contributed by atoms with Crippen LogP contribution in [-0.2, 0) is 6.54 Å². The third kappa shape index (κ3) is 3.99. The first-order chi connectivity index (χ1) is 16.4. The van der Waals surface area contributed by atoms with E-state index in [2.05, 4.69) is 82.8 Å². The smallest absolute Gasteiger partial charge is 0.170 e. The molecule has 5 rings (SSSR count). The first-order valence-corrected chi connectivity index (χ1v) is 12.0. The van der Waals surface area contributed by atoms with Gasteiger partial charge >= 0.3 is 0 Å². The zero-order chi connectivity index (χ0) is 23.8. The Morgan fingerprint density at radius 2 is 1.68 bits per heavy atom. The van der Waals surface area contributed by atoms with Gasteiger partial charge in [-0.25, -0.2) is 0 Å². The number of rotatable bonds is 5. The van der Waals surface area contributed by atoms with Gasteiger partial charge in [0, 0.05) is 29.5 Å². The topological polar surface area (TPSA) is 46.0 Å². The summed E-state index contributed by atoms with van der Waals surface area (Å²) in [5.74, 6) is 0. The molecule has 0 amide bonds. The Labute approximate surface area is 206 Å². The van der Waals surface area contributed by atoms with E-state index in [4.69, 9.17) is 12.2 Å². The fraction of sp³-hybridized carbons (Fsp3) is 0.250. The van der Waals surface area contributed by atoms with Crippen LogP contribution >= 0.6 is 12.2 Å². The SMILES string of the molecule is Cc1ccc(C)c(-n2c(C)cc([C@H]3[C@@H](c4ccccn4)NC(=S)N3Cc3ccccn3)c2C)c1. The first-order valence-electron chi connectivity index (χ1n) is 11.6. The fourth-order valence-electron chi connectivity index (χ4n) is 5.00. The van der Waals surface area contributed by atoms with E-state index in [1.54, 1.807) is 0 Å². The summed E-state index contributed by atoms with van der Waals surface area (Å²) >= 11 is 5.86. The number of nitrogens with zero attached hydrogens (tertiary/aromatic N) is 4. The van der Waals surface area contributed by atoms with Crippen LogP contribution < -0.4 is 5.32 Å². The summed E-state index contributed by atoms with van der Waals surface area (Å²) in [6.45, 7) is 9.33. The number of nitrogens with one attached hydrogen (secondary N) is 1. The number of thiocarbonyl (C=S) groups is 1. The summed E-state index contributed by atoms with van der Waals surface area (Å²) in [5, 5.41) is 4.29. The summed E-state index contributed by atoms with van der Waals surface area (Å²) in [6, 6.07) is 20.9. The molecule has 1 fully saturated rings. The Morgan fingerprint density at radius 1 is 0.912 bits per heavy atom. The average molecular weight is 468 g/mol. The molecular weight excluding hydrogens is 438 g/mol. The quantitative estimate of drug-likeness (QED) is 0.383. The summed E-state index contributed by atoms with van der Waals surface area (Å²) in [7, 11) is 0. The molecule has 1 saturated heterocycles. The second kappa shape index (κ2) is 9.03. The minimum Gasteiger partial charge on any atom is -0.352 e. The lowest BCUT2D eigenvalue weighted by Gasteiger charge is -2.28. The van der Waals surface area contributed by atoms with E-state index in [9.17, 15) is 0 Å². The van der Waals surface area contributed by atoms with Gasteiger partial charge in [0.2, 0.25) is 0 Å². The van der Waals surface area contributed by atoms with Crippen LogP contribution in [0.3, 0.4) is 0 Å². The van der Waals surface area contributed by atoms with Crippen molar-refractivity contribution in [2.75, 3.05) is 0 Å². The van der Waals surface area contributed by atoms with Crippen LogP contribution in [0.1, 0.15) is 51.5 Å². The highest BCUT2D eigenvalue weighted by Gasteiger charge is 2.41. The van der Waals surface area contributed by atoms with Gasteiger partial charge in [0.15, 0.2) is 5.11 Å². The highest BCUT2D eigenvalue weighted by atomic mass is 32.1. The molecule has 0 bridgehead atoms. The molecule has 4 aromatic rings. The minimum absolute atomic E-state index is 0.00512. The van der Waals surface area contributed by atoms with Crippen molar-refractivity contribution < 1.29 is 0 Å². The zero-order valence-electron chi connectivity index (χ0n) is 20.0. The van der Waals surface area contributed by atoms with Crippen LogP contribution in [0.25, 0.3) is 5.69 Å². The van der Waals surface area contributed by atoms with Crippen molar-refractivity contribution in [3.63, 3.8) is 0 Å². The molecule has 172 valence electrons. The van der Waals surface area contributed by atoms with Crippen molar-refractivity contribution in [1.82, 2.24) is 24.8 Å². The molecule has 34 heavy (non-hydrogen) atoms. The lowest BCUT2D eigenvalue weighted by Crippen LogP contribution is -2.29. The molecule has 0 saturated carbocycles. The number of aromatic nitrogens is 3. The van der Waals surface area contributed by atoms with Gasteiger partial charge in [0.25, 0.3) is 0 Å². The van der Waals surface area contributed by atoms with E-state index in [1.165, 1.54) is 33.8 Å². The van der Waals surface area contributed by atoms with Crippen LogP contribution in [0.5, 0.6) is 0 Å². The molecular formula is C28H29N5S.